The minimum atomic E-state index is -5.61. The molecule has 0 saturated carbocycles. The number of hydrogen-bond donors (Lipinski definition) is 0. The topological polar surface area (TPSA) is 49.9 Å². The van der Waals surface area contributed by atoms with Crippen LogP contribution in [-0.4, -0.2) is 43.7 Å². The molecule has 1 aliphatic rings. The molecule has 0 aromatic carbocycles. The monoisotopic (exact) mass is 316 g/mol. The number of unbranched alkanes of at least 4 members (excludes halogenated alkanes) is 3. The van der Waals surface area contributed by atoms with E-state index in [0.29, 0.717) is 6.54 Å². The number of rotatable bonds is 7. The molecule has 0 radical (unpaired) electrons. The standard InChI is InChI=1S/C11H19F3N2O3S/c1-3-4-5-6-7-16-9-8-15(2)10(16)19-20(17,18)11(12,13)14/h8-10H,3-7H2,1-2H3. The Hall–Kier alpha value is -0.960. The summed E-state index contributed by atoms with van der Waals surface area (Å²) in [6.45, 7) is 2.49. The molecule has 0 aromatic heterocycles. The van der Waals surface area contributed by atoms with E-state index in [1.165, 1.54) is 29.2 Å². The van der Waals surface area contributed by atoms with E-state index in [4.69, 9.17) is 0 Å². The predicted octanol–water partition coefficient (Wildman–Crippen LogP) is 2.44. The van der Waals surface area contributed by atoms with Crippen molar-refractivity contribution in [3.05, 3.63) is 12.4 Å². The van der Waals surface area contributed by atoms with Crippen LogP contribution in [0.4, 0.5) is 13.2 Å². The molecule has 0 aromatic rings. The molecule has 1 heterocycles. The first kappa shape index (κ1) is 17.1. The molecule has 0 aliphatic carbocycles. The quantitative estimate of drug-likeness (QED) is 0.410. The van der Waals surface area contributed by atoms with Crippen LogP contribution in [0.2, 0.25) is 0 Å². The van der Waals surface area contributed by atoms with Gasteiger partial charge in [-0.2, -0.15) is 21.6 Å². The van der Waals surface area contributed by atoms with Crippen molar-refractivity contribution in [1.82, 2.24) is 9.80 Å². The van der Waals surface area contributed by atoms with Crippen molar-refractivity contribution < 1.29 is 25.8 Å². The summed E-state index contributed by atoms with van der Waals surface area (Å²) >= 11 is 0. The zero-order valence-corrected chi connectivity index (χ0v) is 12.2. The second kappa shape index (κ2) is 6.66. The molecule has 0 bridgehead atoms. The van der Waals surface area contributed by atoms with Crippen molar-refractivity contribution in [1.29, 1.82) is 0 Å². The van der Waals surface area contributed by atoms with Gasteiger partial charge in [0.15, 0.2) is 0 Å². The van der Waals surface area contributed by atoms with Crippen LogP contribution in [0.3, 0.4) is 0 Å². The number of halogens is 3. The maximum atomic E-state index is 12.3. The van der Waals surface area contributed by atoms with Crippen LogP contribution >= 0.6 is 0 Å². The molecule has 0 saturated heterocycles. The second-order valence-electron chi connectivity index (χ2n) is 4.58. The highest BCUT2D eigenvalue weighted by molar-refractivity contribution is 7.87. The third-order valence-corrected chi connectivity index (χ3v) is 3.88. The Kier molecular flexibility index (Phi) is 5.69. The minimum Gasteiger partial charge on any atom is -0.336 e. The fourth-order valence-electron chi connectivity index (χ4n) is 1.77. The Morgan fingerprint density at radius 3 is 2.40 bits per heavy atom. The molecule has 118 valence electrons. The summed E-state index contributed by atoms with van der Waals surface area (Å²) in [6.07, 6.45) is 5.50. The SMILES string of the molecule is CCCCCCN1C=CN(C)C1OS(=O)(=O)C(F)(F)F. The van der Waals surface area contributed by atoms with Gasteiger partial charge in [0, 0.05) is 26.0 Å². The molecule has 0 amide bonds. The maximum Gasteiger partial charge on any atom is 0.523 e. The van der Waals surface area contributed by atoms with Crippen LogP contribution in [0.5, 0.6) is 0 Å². The highest BCUT2D eigenvalue weighted by atomic mass is 32.2. The number of alkyl halides is 3. The first-order valence-electron chi connectivity index (χ1n) is 6.34. The zero-order valence-electron chi connectivity index (χ0n) is 11.4. The molecular weight excluding hydrogens is 297 g/mol. The Morgan fingerprint density at radius 1 is 1.20 bits per heavy atom. The van der Waals surface area contributed by atoms with Gasteiger partial charge in [-0.05, 0) is 6.42 Å². The normalized spacial score (nSPS) is 19.9. The van der Waals surface area contributed by atoms with Crippen molar-refractivity contribution >= 4 is 10.1 Å². The van der Waals surface area contributed by atoms with E-state index in [-0.39, 0.29) is 0 Å². The van der Waals surface area contributed by atoms with Gasteiger partial charge >= 0.3 is 15.6 Å². The van der Waals surface area contributed by atoms with E-state index in [0.717, 1.165) is 25.7 Å². The third-order valence-electron chi connectivity index (χ3n) is 2.89. The molecule has 9 heteroatoms. The minimum absolute atomic E-state index is 0.443. The van der Waals surface area contributed by atoms with E-state index in [9.17, 15) is 21.6 Å². The van der Waals surface area contributed by atoms with E-state index in [1.54, 1.807) is 0 Å². The lowest BCUT2D eigenvalue weighted by molar-refractivity contribution is -0.0769. The smallest absolute Gasteiger partial charge is 0.336 e. The van der Waals surface area contributed by atoms with Gasteiger partial charge in [0.2, 0.25) is 6.35 Å². The lowest BCUT2D eigenvalue weighted by Gasteiger charge is -2.29. The van der Waals surface area contributed by atoms with Crippen molar-refractivity contribution in [2.75, 3.05) is 13.6 Å². The van der Waals surface area contributed by atoms with Crippen molar-refractivity contribution in [2.45, 2.75) is 44.5 Å². The van der Waals surface area contributed by atoms with E-state index in [2.05, 4.69) is 4.18 Å². The fraction of sp³-hybridized carbons (Fsp3) is 0.818. The van der Waals surface area contributed by atoms with Gasteiger partial charge < -0.3 is 9.80 Å². The van der Waals surface area contributed by atoms with Crippen molar-refractivity contribution in [2.24, 2.45) is 0 Å². The van der Waals surface area contributed by atoms with Gasteiger partial charge in [-0.15, -0.1) is 0 Å². The maximum absolute atomic E-state index is 12.3. The molecule has 0 N–H and O–H groups in total. The second-order valence-corrected chi connectivity index (χ2v) is 6.15. The van der Waals surface area contributed by atoms with Gasteiger partial charge in [-0.3, -0.25) is 0 Å². The number of hydrogen-bond acceptors (Lipinski definition) is 5. The molecule has 0 spiro atoms. The highest BCUT2D eigenvalue weighted by Gasteiger charge is 2.50. The molecule has 0 fully saturated rings. The highest BCUT2D eigenvalue weighted by Crippen LogP contribution is 2.28. The van der Waals surface area contributed by atoms with E-state index >= 15 is 0 Å². The average molecular weight is 316 g/mol. The Balaban J connectivity index is 2.62. The summed E-state index contributed by atoms with van der Waals surface area (Å²) in [5.74, 6) is 0. The summed E-state index contributed by atoms with van der Waals surface area (Å²) in [4.78, 5) is 2.72. The first-order valence-corrected chi connectivity index (χ1v) is 7.75. The van der Waals surface area contributed by atoms with Gasteiger partial charge in [0.25, 0.3) is 0 Å². The van der Waals surface area contributed by atoms with Gasteiger partial charge in [-0.25, -0.2) is 4.18 Å². The van der Waals surface area contributed by atoms with Crippen LogP contribution in [0.15, 0.2) is 12.4 Å². The van der Waals surface area contributed by atoms with Crippen molar-refractivity contribution in [3.8, 4) is 0 Å². The first-order chi connectivity index (χ1) is 9.19. The molecule has 20 heavy (non-hydrogen) atoms. The van der Waals surface area contributed by atoms with Crippen LogP contribution in [0, 0.1) is 0 Å². The van der Waals surface area contributed by atoms with E-state index < -0.39 is 22.0 Å². The van der Waals surface area contributed by atoms with Crippen LogP contribution in [0.25, 0.3) is 0 Å². The van der Waals surface area contributed by atoms with Gasteiger partial charge in [-0.1, -0.05) is 26.2 Å². The van der Waals surface area contributed by atoms with E-state index in [1.807, 2.05) is 6.92 Å². The lowest BCUT2D eigenvalue weighted by Crippen LogP contribution is -2.43. The van der Waals surface area contributed by atoms with Gasteiger partial charge in [0.1, 0.15) is 0 Å². The van der Waals surface area contributed by atoms with Crippen LogP contribution < -0.4 is 0 Å². The van der Waals surface area contributed by atoms with Gasteiger partial charge in [0.05, 0.1) is 0 Å². The molecule has 1 aliphatic heterocycles. The summed E-state index contributed by atoms with van der Waals surface area (Å²) in [5, 5.41) is 0. The Morgan fingerprint density at radius 2 is 1.85 bits per heavy atom. The predicted molar refractivity (Wildman–Crippen MR) is 67.6 cm³/mol. The molecule has 1 unspecified atom stereocenters. The Bertz CT molecular complexity index is 437. The average Bonchev–Trinajstić information content (AvgIpc) is 2.65. The molecule has 5 nitrogen and oxygen atoms in total. The van der Waals surface area contributed by atoms with Crippen LogP contribution in [-0.2, 0) is 14.3 Å². The summed E-state index contributed by atoms with van der Waals surface area (Å²) in [7, 11) is -4.15. The lowest BCUT2D eigenvalue weighted by atomic mass is 10.2. The van der Waals surface area contributed by atoms with Crippen molar-refractivity contribution in [3.63, 3.8) is 0 Å². The summed E-state index contributed by atoms with van der Waals surface area (Å²) in [6, 6.07) is 0. The molecule has 1 atom stereocenters. The molecule has 1 rings (SSSR count). The largest absolute Gasteiger partial charge is 0.523 e. The Labute approximate surface area is 117 Å². The summed E-state index contributed by atoms with van der Waals surface area (Å²) < 4.78 is 63.3. The summed E-state index contributed by atoms with van der Waals surface area (Å²) in [5.41, 5.74) is -5.41. The van der Waals surface area contributed by atoms with Crippen LogP contribution in [0.1, 0.15) is 32.6 Å². The number of nitrogens with zero attached hydrogens (tertiary/aromatic N) is 2. The third kappa shape index (κ3) is 4.27. The molecular formula is C11H19F3N2O3S. The fourth-order valence-corrected chi connectivity index (χ4v) is 2.35. The zero-order chi connectivity index (χ0) is 15.4.